The second-order valence-corrected chi connectivity index (χ2v) is 6.56. The summed E-state index contributed by atoms with van der Waals surface area (Å²) in [6, 6.07) is 8.36. The standard InChI is InChI=1S/C16H28N2O/c1-12(2)19-14-8-6-7-13(11-14)15(18-17)9-10-16(3,4)5/h6-8,11-12,15,18H,9-10,17H2,1-5H3. The Labute approximate surface area is 117 Å². The molecule has 1 aromatic rings. The monoisotopic (exact) mass is 264 g/mol. The highest BCUT2D eigenvalue weighted by molar-refractivity contribution is 5.30. The predicted octanol–water partition coefficient (Wildman–Crippen LogP) is 3.80. The van der Waals surface area contributed by atoms with E-state index in [1.165, 1.54) is 5.56 Å². The molecule has 0 radical (unpaired) electrons. The van der Waals surface area contributed by atoms with E-state index in [1.807, 2.05) is 26.0 Å². The highest BCUT2D eigenvalue weighted by Crippen LogP contribution is 2.28. The van der Waals surface area contributed by atoms with Crippen molar-refractivity contribution in [2.45, 2.75) is 59.6 Å². The summed E-state index contributed by atoms with van der Waals surface area (Å²) in [6.45, 7) is 10.8. The van der Waals surface area contributed by atoms with Gasteiger partial charge in [-0.1, -0.05) is 32.9 Å². The quantitative estimate of drug-likeness (QED) is 0.607. The average Bonchev–Trinajstić information content (AvgIpc) is 2.28. The molecule has 0 saturated carbocycles. The first kappa shape index (κ1) is 16.0. The van der Waals surface area contributed by atoms with Gasteiger partial charge in [-0.2, -0.15) is 0 Å². The maximum atomic E-state index is 5.73. The van der Waals surface area contributed by atoms with Crippen LogP contribution in [-0.2, 0) is 0 Å². The number of hydrazine groups is 1. The first-order chi connectivity index (χ1) is 8.81. The fourth-order valence-corrected chi connectivity index (χ4v) is 2.00. The molecule has 0 aliphatic heterocycles. The second kappa shape index (κ2) is 6.92. The van der Waals surface area contributed by atoms with Crippen LogP contribution in [0.1, 0.15) is 59.1 Å². The van der Waals surface area contributed by atoms with E-state index in [9.17, 15) is 0 Å². The van der Waals surface area contributed by atoms with Crippen LogP contribution < -0.4 is 16.0 Å². The minimum absolute atomic E-state index is 0.176. The molecule has 1 aromatic carbocycles. The molecule has 0 aliphatic carbocycles. The Morgan fingerprint density at radius 1 is 1.26 bits per heavy atom. The summed E-state index contributed by atoms with van der Waals surface area (Å²) in [4.78, 5) is 0. The van der Waals surface area contributed by atoms with Crippen molar-refractivity contribution in [3.05, 3.63) is 29.8 Å². The first-order valence-electron chi connectivity index (χ1n) is 7.04. The van der Waals surface area contributed by atoms with Gasteiger partial charge in [-0.15, -0.1) is 0 Å². The number of nitrogens with one attached hydrogen (secondary N) is 1. The average molecular weight is 264 g/mol. The topological polar surface area (TPSA) is 47.3 Å². The van der Waals surface area contributed by atoms with E-state index in [0.29, 0.717) is 5.41 Å². The lowest BCUT2D eigenvalue weighted by molar-refractivity contribution is 0.242. The van der Waals surface area contributed by atoms with Crippen LogP contribution in [-0.4, -0.2) is 6.10 Å². The zero-order valence-corrected chi connectivity index (χ0v) is 12.9. The lowest BCUT2D eigenvalue weighted by Gasteiger charge is -2.23. The van der Waals surface area contributed by atoms with Gasteiger partial charge in [0.1, 0.15) is 5.75 Å². The van der Waals surface area contributed by atoms with Crippen LogP contribution in [0.15, 0.2) is 24.3 Å². The number of benzene rings is 1. The third-order valence-electron chi connectivity index (χ3n) is 3.02. The summed E-state index contributed by atoms with van der Waals surface area (Å²) in [6.07, 6.45) is 2.33. The molecule has 1 atom stereocenters. The van der Waals surface area contributed by atoms with Crippen LogP contribution in [0.2, 0.25) is 0 Å². The van der Waals surface area contributed by atoms with E-state index in [1.54, 1.807) is 0 Å². The fraction of sp³-hybridized carbons (Fsp3) is 0.625. The van der Waals surface area contributed by atoms with Crippen molar-refractivity contribution in [2.75, 3.05) is 0 Å². The molecule has 1 rings (SSSR count). The van der Waals surface area contributed by atoms with E-state index in [4.69, 9.17) is 10.6 Å². The Morgan fingerprint density at radius 2 is 1.95 bits per heavy atom. The Balaban J connectivity index is 2.75. The molecule has 3 N–H and O–H groups in total. The third kappa shape index (κ3) is 6.08. The van der Waals surface area contributed by atoms with Crippen molar-refractivity contribution >= 4 is 0 Å². The van der Waals surface area contributed by atoms with Gasteiger partial charge >= 0.3 is 0 Å². The van der Waals surface area contributed by atoms with Crippen LogP contribution in [0.5, 0.6) is 5.75 Å². The Bertz CT molecular complexity index is 383. The van der Waals surface area contributed by atoms with E-state index in [2.05, 4.69) is 38.3 Å². The minimum Gasteiger partial charge on any atom is -0.491 e. The molecule has 0 aliphatic rings. The third-order valence-corrected chi connectivity index (χ3v) is 3.02. The van der Waals surface area contributed by atoms with Gasteiger partial charge in [-0.05, 0) is 49.8 Å². The predicted molar refractivity (Wildman–Crippen MR) is 81.0 cm³/mol. The van der Waals surface area contributed by atoms with Gasteiger partial charge in [0.25, 0.3) is 0 Å². The number of ether oxygens (including phenoxy) is 1. The normalized spacial score (nSPS) is 13.6. The van der Waals surface area contributed by atoms with E-state index < -0.39 is 0 Å². The van der Waals surface area contributed by atoms with Crippen molar-refractivity contribution in [1.82, 2.24) is 5.43 Å². The molecular formula is C16H28N2O. The Hall–Kier alpha value is -1.06. The Morgan fingerprint density at radius 3 is 2.47 bits per heavy atom. The van der Waals surface area contributed by atoms with Gasteiger partial charge in [0.05, 0.1) is 6.10 Å². The van der Waals surface area contributed by atoms with Crippen molar-refractivity contribution in [3.8, 4) is 5.75 Å². The van der Waals surface area contributed by atoms with Crippen molar-refractivity contribution in [3.63, 3.8) is 0 Å². The molecule has 0 saturated heterocycles. The molecule has 3 nitrogen and oxygen atoms in total. The van der Waals surface area contributed by atoms with Crippen molar-refractivity contribution in [2.24, 2.45) is 11.3 Å². The highest BCUT2D eigenvalue weighted by atomic mass is 16.5. The zero-order chi connectivity index (χ0) is 14.5. The zero-order valence-electron chi connectivity index (χ0n) is 12.9. The molecule has 0 fully saturated rings. The molecule has 0 heterocycles. The second-order valence-electron chi connectivity index (χ2n) is 6.56. The van der Waals surface area contributed by atoms with E-state index in [-0.39, 0.29) is 12.1 Å². The summed E-state index contributed by atoms with van der Waals surface area (Å²) in [5, 5.41) is 0. The van der Waals surface area contributed by atoms with Gasteiger partial charge in [-0.25, -0.2) is 0 Å². The van der Waals surface area contributed by atoms with E-state index in [0.717, 1.165) is 18.6 Å². The molecule has 108 valence electrons. The summed E-state index contributed by atoms with van der Waals surface area (Å²) in [7, 11) is 0. The number of nitrogens with two attached hydrogens (primary N) is 1. The van der Waals surface area contributed by atoms with Crippen LogP contribution in [0.4, 0.5) is 0 Å². The fourth-order valence-electron chi connectivity index (χ4n) is 2.00. The van der Waals surface area contributed by atoms with Gasteiger partial charge in [0.2, 0.25) is 0 Å². The molecule has 1 unspecified atom stereocenters. The maximum Gasteiger partial charge on any atom is 0.120 e. The SMILES string of the molecule is CC(C)Oc1cccc(C(CCC(C)(C)C)NN)c1. The van der Waals surface area contributed by atoms with Crippen LogP contribution in [0.3, 0.4) is 0 Å². The highest BCUT2D eigenvalue weighted by Gasteiger charge is 2.16. The molecule has 0 amide bonds. The number of rotatable bonds is 6. The van der Waals surface area contributed by atoms with Gasteiger partial charge < -0.3 is 4.74 Å². The maximum absolute atomic E-state index is 5.73. The van der Waals surface area contributed by atoms with Gasteiger partial charge in [0, 0.05) is 6.04 Å². The van der Waals surface area contributed by atoms with Gasteiger partial charge in [0.15, 0.2) is 0 Å². The molecule has 19 heavy (non-hydrogen) atoms. The summed E-state index contributed by atoms with van der Waals surface area (Å²) in [5.74, 6) is 6.60. The number of hydrogen-bond acceptors (Lipinski definition) is 3. The van der Waals surface area contributed by atoms with Crippen molar-refractivity contribution in [1.29, 1.82) is 0 Å². The van der Waals surface area contributed by atoms with Crippen LogP contribution >= 0.6 is 0 Å². The Kier molecular flexibility index (Phi) is 5.83. The van der Waals surface area contributed by atoms with Gasteiger partial charge in [-0.3, -0.25) is 11.3 Å². The molecule has 3 heteroatoms. The van der Waals surface area contributed by atoms with E-state index >= 15 is 0 Å². The molecule has 0 bridgehead atoms. The summed E-state index contributed by atoms with van der Waals surface area (Å²) < 4.78 is 5.73. The number of hydrogen-bond donors (Lipinski definition) is 2. The van der Waals surface area contributed by atoms with Crippen LogP contribution in [0, 0.1) is 5.41 Å². The summed E-state index contributed by atoms with van der Waals surface area (Å²) >= 11 is 0. The minimum atomic E-state index is 0.176. The summed E-state index contributed by atoms with van der Waals surface area (Å²) in [5.41, 5.74) is 4.42. The molecule has 0 spiro atoms. The van der Waals surface area contributed by atoms with Crippen molar-refractivity contribution < 1.29 is 4.74 Å². The lowest BCUT2D eigenvalue weighted by atomic mass is 9.87. The largest absolute Gasteiger partial charge is 0.491 e. The molecular weight excluding hydrogens is 236 g/mol. The smallest absolute Gasteiger partial charge is 0.120 e. The lowest BCUT2D eigenvalue weighted by Crippen LogP contribution is -2.29. The van der Waals surface area contributed by atoms with Crippen LogP contribution in [0.25, 0.3) is 0 Å². The molecule has 0 aromatic heterocycles. The first-order valence-corrected chi connectivity index (χ1v) is 7.04.